The molecule has 7 heteroatoms. The Labute approximate surface area is 211 Å². The highest BCUT2D eigenvalue weighted by Crippen LogP contribution is 2.48. The molecule has 4 aromatic carbocycles. The van der Waals surface area contributed by atoms with E-state index in [1.165, 1.54) is 11.8 Å². The van der Waals surface area contributed by atoms with Gasteiger partial charge in [-0.3, -0.25) is 14.5 Å². The van der Waals surface area contributed by atoms with Gasteiger partial charge in [0.15, 0.2) is 0 Å². The minimum atomic E-state index is -0.224. The van der Waals surface area contributed by atoms with E-state index in [1.807, 2.05) is 77.7 Å². The van der Waals surface area contributed by atoms with E-state index in [4.69, 9.17) is 11.6 Å². The SMILES string of the molecule is O=C(Nc1ccc(SCC(=O)N2c3ccccc3Sc3ccccc32)cc1)c1cccc(Cl)c1. The van der Waals surface area contributed by atoms with Gasteiger partial charge in [-0.1, -0.05) is 53.7 Å². The van der Waals surface area contributed by atoms with Crippen LogP contribution < -0.4 is 10.2 Å². The lowest BCUT2D eigenvalue weighted by Crippen LogP contribution is -2.29. The lowest BCUT2D eigenvalue weighted by atomic mass is 10.2. The van der Waals surface area contributed by atoms with Crippen molar-refractivity contribution in [3.63, 3.8) is 0 Å². The van der Waals surface area contributed by atoms with E-state index in [9.17, 15) is 9.59 Å². The smallest absolute Gasteiger partial charge is 0.255 e. The molecule has 0 aliphatic carbocycles. The molecule has 0 spiro atoms. The van der Waals surface area contributed by atoms with Crippen LogP contribution in [0.2, 0.25) is 5.02 Å². The van der Waals surface area contributed by atoms with Crippen molar-refractivity contribution in [2.75, 3.05) is 16.0 Å². The van der Waals surface area contributed by atoms with Crippen LogP contribution in [0.1, 0.15) is 10.4 Å². The number of hydrogen-bond acceptors (Lipinski definition) is 4. The van der Waals surface area contributed by atoms with E-state index in [0.29, 0.717) is 22.0 Å². The van der Waals surface area contributed by atoms with Gasteiger partial charge in [-0.25, -0.2) is 0 Å². The summed E-state index contributed by atoms with van der Waals surface area (Å²) in [6, 6.07) is 30.2. The zero-order chi connectivity index (χ0) is 23.5. The first kappa shape index (κ1) is 22.6. The van der Waals surface area contributed by atoms with Crippen molar-refractivity contribution in [3.8, 4) is 0 Å². The first-order chi connectivity index (χ1) is 16.6. The maximum Gasteiger partial charge on any atom is 0.255 e. The van der Waals surface area contributed by atoms with Gasteiger partial charge in [0.05, 0.1) is 17.1 Å². The fourth-order valence-corrected chi connectivity index (χ4v) is 5.65. The number of hydrogen-bond donors (Lipinski definition) is 1. The average molecular weight is 503 g/mol. The number of thioether (sulfide) groups is 1. The highest BCUT2D eigenvalue weighted by molar-refractivity contribution is 8.00. The summed E-state index contributed by atoms with van der Waals surface area (Å²) >= 11 is 9.12. The molecule has 0 saturated heterocycles. The maximum absolute atomic E-state index is 13.3. The van der Waals surface area contributed by atoms with E-state index in [1.54, 1.807) is 36.0 Å². The molecule has 4 aromatic rings. The molecule has 1 N–H and O–H groups in total. The molecule has 0 aromatic heterocycles. The number of anilines is 3. The van der Waals surface area contributed by atoms with Crippen molar-refractivity contribution in [2.45, 2.75) is 14.7 Å². The van der Waals surface area contributed by atoms with Crippen molar-refractivity contribution in [1.82, 2.24) is 0 Å². The van der Waals surface area contributed by atoms with Crippen molar-refractivity contribution in [3.05, 3.63) is 108 Å². The molecule has 4 nitrogen and oxygen atoms in total. The van der Waals surface area contributed by atoms with Crippen LogP contribution in [0.5, 0.6) is 0 Å². The quantitative estimate of drug-likeness (QED) is 0.287. The van der Waals surface area contributed by atoms with Gasteiger partial charge in [0, 0.05) is 31.0 Å². The highest BCUT2D eigenvalue weighted by Gasteiger charge is 2.27. The highest BCUT2D eigenvalue weighted by atomic mass is 35.5. The van der Waals surface area contributed by atoms with Crippen LogP contribution in [0.3, 0.4) is 0 Å². The minimum Gasteiger partial charge on any atom is -0.322 e. The number of nitrogens with zero attached hydrogens (tertiary/aromatic N) is 1. The third-order valence-corrected chi connectivity index (χ3v) is 7.61. The zero-order valence-electron chi connectivity index (χ0n) is 17.9. The number of amides is 2. The van der Waals surface area contributed by atoms with Gasteiger partial charge in [-0.15, -0.1) is 11.8 Å². The second-order valence-electron chi connectivity index (χ2n) is 7.54. The molecular formula is C27H19ClN2O2S2. The third-order valence-electron chi connectivity index (χ3n) is 5.24. The van der Waals surface area contributed by atoms with Crippen molar-refractivity contribution >= 4 is 64.0 Å². The van der Waals surface area contributed by atoms with Crippen LogP contribution in [0.4, 0.5) is 17.1 Å². The Hall–Kier alpha value is -3.19. The summed E-state index contributed by atoms with van der Waals surface area (Å²) in [6.07, 6.45) is 0. The first-order valence-corrected chi connectivity index (χ1v) is 12.8. The van der Waals surface area contributed by atoms with E-state index >= 15 is 0 Å². The Balaban J connectivity index is 1.26. The Morgan fingerprint density at radius 1 is 0.824 bits per heavy atom. The third kappa shape index (κ3) is 4.85. The first-order valence-electron chi connectivity index (χ1n) is 10.6. The molecule has 0 fully saturated rings. The van der Waals surface area contributed by atoms with Crippen molar-refractivity contribution < 1.29 is 9.59 Å². The Bertz CT molecular complexity index is 1330. The molecule has 0 saturated carbocycles. The van der Waals surface area contributed by atoms with Crippen LogP contribution in [0, 0.1) is 0 Å². The Morgan fingerprint density at radius 2 is 1.47 bits per heavy atom. The van der Waals surface area contributed by atoms with Crippen LogP contribution in [-0.4, -0.2) is 17.6 Å². The Kier molecular flexibility index (Phi) is 6.63. The van der Waals surface area contributed by atoms with Crippen molar-refractivity contribution in [1.29, 1.82) is 0 Å². The fraction of sp³-hybridized carbons (Fsp3) is 0.0370. The van der Waals surface area contributed by atoms with E-state index in [2.05, 4.69) is 5.32 Å². The molecular weight excluding hydrogens is 484 g/mol. The summed E-state index contributed by atoms with van der Waals surface area (Å²) in [7, 11) is 0. The molecule has 1 aliphatic heterocycles. The number of rotatable bonds is 5. The molecule has 1 aliphatic rings. The monoisotopic (exact) mass is 502 g/mol. The van der Waals surface area contributed by atoms with Gasteiger partial charge in [0.2, 0.25) is 5.91 Å². The lowest BCUT2D eigenvalue weighted by molar-refractivity contribution is -0.115. The Morgan fingerprint density at radius 3 is 2.12 bits per heavy atom. The van der Waals surface area contributed by atoms with E-state index in [0.717, 1.165) is 26.1 Å². The summed E-state index contributed by atoms with van der Waals surface area (Å²) < 4.78 is 0. The van der Waals surface area contributed by atoms with Gasteiger partial charge < -0.3 is 5.32 Å². The number of nitrogens with one attached hydrogen (secondary N) is 1. The molecule has 0 unspecified atom stereocenters. The van der Waals surface area contributed by atoms with Crippen LogP contribution in [0.25, 0.3) is 0 Å². The molecule has 0 radical (unpaired) electrons. The maximum atomic E-state index is 13.3. The molecule has 5 rings (SSSR count). The average Bonchev–Trinajstić information content (AvgIpc) is 2.86. The molecule has 0 atom stereocenters. The summed E-state index contributed by atoms with van der Waals surface area (Å²) in [4.78, 5) is 30.6. The number of carbonyl (C=O) groups excluding carboxylic acids is 2. The normalized spacial score (nSPS) is 12.0. The largest absolute Gasteiger partial charge is 0.322 e. The zero-order valence-corrected chi connectivity index (χ0v) is 20.3. The standard InChI is InChI=1S/C27H19ClN2O2S2/c28-19-7-5-6-18(16-19)27(32)29-20-12-14-21(15-13-20)33-17-26(31)30-22-8-1-3-10-24(22)34-25-11-4-2-9-23(25)30/h1-16H,17H2,(H,29,32). The second kappa shape index (κ2) is 9.97. The molecule has 168 valence electrons. The number of para-hydroxylation sites is 2. The lowest BCUT2D eigenvalue weighted by Gasteiger charge is -2.31. The predicted molar refractivity (Wildman–Crippen MR) is 141 cm³/mol. The molecule has 1 heterocycles. The topological polar surface area (TPSA) is 49.4 Å². The van der Waals surface area contributed by atoms with Gasteiger partial charge in [-0.05, 0) is 66.7 Å². The fourth-order valence-electron chi connectivity index (χ4n) is 3.65. The number of benzene rings is 4. The predicted octanol–water partition coefficient (Wildman–Crippen LogP) is 7.51. The number of halogens is 1. The van der Waals surface area contributed by atoms with Crippen molar-refractivity contribution in [2.24, 2.45) is 0 Å². The molecule has 34 heavy (non-hydrogen) atoms. The summed E-state index contributed by atoms with van der Waals surface area (Å²) in [5.41, 5.74) is 3.00. The van der Waals surface area contributed by atoms with E-state index in [-0.39, 0.29) is 11.8 Å². The van der Waals surface area contributed by atoms with E-state index < -0.39 is 0 Å². The summed E-state index contributed by atoms with van der Waals surface area (Å²) in [5, 5.41) is 3.38. The van der Waals surface area contributed by atoms with Gasteiger partial charge in [0.25, 0.3) is 5.91 Å². The van der Waals surface area contributed by atoms with Crippen LogP contribution >= 0.6 is 35.1 Å². The minimum absolute atomic E-state index is 0.0172. The number of fused-ring (bicyclic) bond motifs is 2. The summed E-state index contributed by atoms with van der Waals surface area (Å²) in [5.74, 6) is 0.0866. The second-order valence-corrected chi connectivity index (χ2v) is 10.1. The summed E-state index contributed by atoms with van der Waals surface area (Å²) in [6.45, 7) is 0. The van der Waals surface area contributed by atoms with Crippen LogP contribution in [-0.2, 0) is 4.79 Å². The number of carbonyl (C=O) groups is 2. The molecule has 0 bridgehead atoms. The van der Waals surface area contributed by atoms with Crippen LogP contribution in [0.15, 0.2) is 112 Å². The molecule has 2 amide bonds. The van der Waals surface area contributed by atoms with Gasteiger partial charge in [0.1, 0.15) is 0 Å². The van der Waals surface area contributed by atoms with Gasteiger partial charge >= 0.3 is 0 Å². The van der Waals surface area contributed by atoms with Gasteiger partial charge in [-0.2, -0.15) is 0 Å².